The third kappa shape index (κ3) is 3.86. The Hall–Kier alpha value is -2.13. The van der Waals surface area contributed by atoms with Crippen molar-refractivity contribution in [3.05, 3.63) is 43.0 Å². The number of para-hydroxylation sites is 1. The maximum Gasteiger partial charge on any atom is 0.315 e. The number of fused-ring (bicyclic) bond motifs is 2. The van der Waals surface area contributed by atoms with Crippen LogP contribution in [0.4, 0.5) is 10.5 Å². The molecule has 1 aromatic carbocycles. The normalized spacial score (nSPS) is 32.8. The van der Waals surface area contributed by atoms with Crippen molar-refractivity contribution in [2.45, 2.75) is 30.6 Å². The number of aliphatic hydroxyl groups is 1. The molecule has 0 aromatic heterocycles. The van der Waals surface area contributed by atoms with E-state index < -0.39 is 18.4 Å². The highest BCUT2D eigenvalue weighted by Crippen LogP contribution is 2.32. The van der Waals surface area contributed by atoms with Crippen molar-refractivity contribution in [1.82, 2.24) is 15.5 Å². The van der Waals surface area contributed by atoms with E-state index in [2.05, 4.69) is 39.1 Å². The lowest BCUT2D eigenvalue weighted by molar-refractivity contribution is -0.181. The van der Waals surface area contributed by atoms with Crippen LogP contribution >= 0.6 is 0 Å². The lowest BCUT2D eigenvalue weighted by atomic mass is 9.94. The van der Waals surface area contributed by atoms with Crippen LogP contribution in [0.25, 0.3) is 0 Å². The topological polar surface area (TPSA) is 86.3 Å². The molecule has 5 unspecified atom stereocenters. The Balaban J connectivity index is 1.40. The SMILES string of the molecule is C=CCNC(=O)NC1C2COC(O2)C(N2CCN(c3ccccc3)CC2)C1O. The summed E-state index contributed by atoms with van der Waals surface area (Å²) >= 11 is 0. The maximum absolute atomic E-state index is 12.1. The second-order valence-electron chi connectivity index (χ2n) is 7.38. The van der Waals surface area contributed by atoms with Gasteiger partial charge in [-0.2, -0.15) is 0 Å². The molecule has 0 aliphatic carbocycles. The number of urea groups is 1. The fourth-order valence-corrected chi connectivity index (χ4v) is 4.25. The molecule has 3 fully saturated rings. The van der Waals surface area contributed by atoms with Crippen LogP contribution in [0.2, 0.25) is 0 Å². The summed E-state index contributed by atoms with van der Waals surface area (Å²) < 4.78 is 11.8. The number of hydrogen-bond acceptors (Lipinski definition) is 6. The van der Waals surface area contributed by atoms with Gasteiger partial charge in [-0.3, -0.25) is 4.90 Å². The van der Waals surface area contributed by atoms with E-state index in [0.717, 1.165) is 26.2 Å². The first-order valence-electron chi connectivity index (χ1n) is 9.82. The number of anilines is 1. The number of benzene rings is 1. The smallest absolute Gasteiger partial charge is 0.315 e. The lowest BCUT2D eigenvalue weighted by Gasteiger charge is -2.46. The predicted molar refractivity (Wildman–Crippen MR) is 105 cm³/mol. The average molecular weight is 388 g/mol. The third-order valence-electron chi connectivity index (χ3n) is 5.69. The minimum absolute atomic E-state index is 0.304. The summed E-state index contributed by atoms with van der Waals surface area (Å²) in [6.07, 6.45) is 0.0508. The summed E-state index contributed by atoms with van der Waals surface area (Å²) in [5, 5.41) is 16.6. The van der Waals surface area contributed by atoms with Gasteiger partial charge >= 0.3 is 6.03 Å². The largest absolute Gasteiger partial charge is 0.389 e. The highest BCUT2D eigenvalue weighted by Gasteiger charge is 2.52. The summed E-state index contributed by atoms with van der Waals surface area (Å²) in [5.74, 6) is 0. The van der Waals surface area contributed by atoms with Gasteiger partial charge in [-0.15, -0.1) is 6.58 Å². The van der Waals surface area contributed by atoms with Crippen molar-refractivity contribution in [2.24, 2.45) is 0 Å². The molecule has 4 rings (SSSR count). The van der Waals surface area contributed by atoms with E-state index in [4.69, 9.17) is 9.47 Å². The Bertz CT molecular complexity index is 680. The van der Waals surface area contributed by atoms with Crippen molar-refractivity contribution in [1.29, 1.82) is 0 Å². The minimum Gasteiger partial charge on any atom is -0.389 e. The van der Waals surface area contributed by atoms with Crippen LogP contribution in [-0.4, -0.2) is 85.9 Å². The van der Waals surface area contributed by atoms with Gasteiger partial charge in [0.25, 0.3) is 0 Å². The Labute approximate surface area is 165 Å². The van der Waals surface area contributed by atoms with Crippen LogP contribution in [0.5, 0.6) is 0 Å². The van der Waals surface area contributed by atoms with Gasteiger partial charge in [0.15, 0.2) is 6.29 Å². The van der Waals surface area contributed by atoms with Crippen molar-refractivity contribution in [3.63, 3.8) is 0 Å². The molecule has 1 aromatic rings. The fraction of sp³-hybridized carbons (Fsp3) is 0.550. The predicted octanol–water partition coefficient (Wildman–Crippen LogP) is 0.147. The third-order valence-corrected chi connectivity index (χ3v) is 5.69. The molecule has 5 atom stereocenters. The molecule has 0 radical (unpaired) electrons. The number of nitrogens with zero attached hydrogens (tertiary/aromatic N) is 2. The van der Waals surface area contributed by atoms with E-state index in [-0.39, 0.29) is 18.2 Å². The van der Waals surface area contributed by atoms with Gasteiger partial charge in [0.1, 0.15) is 6.10 Å². The Morgan fingerprint density at radius 2 is 2.00 bits per heavy atom. The van der Waals surface area contributed by atoms with Gasteiger partial charge in [0, 0.05) is 38.4 Å². The molecule has 3 saturated heterocycles. The molecule has 2 bridgehead atoms. The number of rotatable bonds is 5. The maximum atomic E-state index is 12.1. The van der Waals surface area contributed by atoms with Crippen LogP contribution < -0.4 is 15.5 Å². The Morgan fingerprint density at radius 3 is 2.71 bits per heavy atom. The molecule has 8 heteroatoms. The standard InChI is InChI=1S/C20H28N4O4/c1-2-8-21-20(26)22-16-15-13-27-19(28-15)17(18(16)25)24-11-9-23(10-12-24)14-6-4-3-5-7-14/h2-7,15-19,25H,1,8-13H2,(H2,21,22,26). The van der Waals surface area contributed by atoms with Crippen molar-refractivity contribution in [3.8, 4) is 0 Å². The quantitative estimate of drug-likeness (QED) is 0.623. The van der Waals surface area contributed by atoms with Gasteiger partial charge in [0.05, 0.1) is 24.8 Å². The molecule has 152 valence electrons. The highest BCUT2D eigenvalue weighted by atomic mass is 16.7. The van der Waals surface area contributed by atoms with E-state index in [9.17, 15) is 9.90 Å². The number of piperazine rings is 1. The number of amides is 2. The number of carbonyl (C=O) groups is 1. The van der Waals surface area contributed by atoms with Crippen LogP contribution in [0, 0.1) is 0 Å². The van der Waals surface area contributed by atoms with Crippen LogP contribution in [0.15, 0.2) is 43.0 Å². The van der Waals surface area contributed by atoms with Crippen LogP contribution in [0.3, 0.4) is 0 Å². The zero-order valence-corrected chi connectivity index (χ0v) is 15.9. The zero-order chi connectivity index (χ0) is 19.5. The number of hydrogen-bond donors (Lipinski definition) is 3. The van der Waals surface area contributed by atoms with E-state index in [1.807, 2.05) is 18.2 Å². The number of aliphatic hydroxyl groups excluding tert-OH is 1. The second kappa shape index (κ2) is 8.48. The fourth-order valence-electron chi connectivity index (χ4n) is 4.25. The first-order valence-corrected chi connectivity index (χ1v) is 9.82. The highest BCUT2D eigenvalue weighted by molar-refractivity contribution is 5.74. The van der Waals surface area contributed by atoms with Gasteiger partial charge in [0.2, 0.25) is 0 Å². The molecule has 8 nitrogen and oxygen atoms in total. The zero-order valence-electron chi connectivity index (χ0n) is 15.9. The van der Waals surface area contributed by atoms with Gasteiger partial charge in [-0.05, 0) is 12.1 Å². The molecule has 0 saturated carbocycles. The molecule has 3 N–H and O–H groups in total. The Kier molecular flexibility index (Phi) is 5.82. The number of ether oxygens (including phenoxy) is 2. The van der Waals surface area contributed by atoms with Crippen LogP contribution in [0.1, 0.15) is 0 Å². The van der Waals surface area contributed by atoms with Crippen LogP contribution in [-0.2, 0) is 9.47 Å². The summed E-state index contributed by atoms with van der Waals surface area (Å²) in [4.78, 5) is 16.6. The molecule has 0 spiro atoms. The number of nitrogens with one attached hydrogen (secondary N) is 2. The monoisotopic (exact) mass is 388 g/mol. The lowest BCUT2D eigenvalue weighted by Crippen LogP contribution is -2.67. The molecule has 3 heterocycles. The summed E-state index contributed by atoms with van der Waals surface area (Å²) in [5.41, 5.74) is 1.21. The van der Waals surface area contributed by atoms with E-state index in [1.165, 1.54) is 5.69 Å². The van der Waals surface area contributed by atoms with Crippen molar-refractivity contribution in [2.75, 3.05) is 44.2 Å². The minimum atomic E-state index is -0.760. The number of carbonyl (C=O) groups excluding carboxylic acids is 1. The van der Waals surface area contributed by atoms with Gasteiger partial charge < -0.3 is 30.1 Å². The summed E-state index contributed by atoms with van der Waals surface area (Å²) in [6.45, 7) is 7.63. The van der Waals surface area contributed by atoms with Gasteiger partial charge in [-0.1, -0.05) is 24.3 Å². The van der Waals surface area contributed by atoms with Crippen molar-refractivity contribution >= 4 is 11.7 Å². The molecule has 3 aliphatic heterocycles. The second-order valence-corrected chi connectivity index (χ2v) is 7.38. The first-order chi connectivity index (χ1) is 13.7. The molecule has 3 aliphatic rings. The van der Waals surface area contributed by atoms with E-state index in [0.29, 0.717) is 13.2 Å². The first kappa shape index (κ1) is 19.2. The molecule has 2 amide bonds. The van der Waals surface area contributed by atoms with E-state index >= 15 is 0 Å². The molecular formula is C20H28N4O4. The average Bonchev–Trinajstić information content (AvgIpc) is 3.16. The Morgan fingerprint density at radius 1 is 1.25 bits per heavy atom. The summed E-state index contributed by atoms with van der Waals surface area (Å²) in [7, 11) is 0. The molecular weight excluding hydrogens is 360 g/mol. The summed E-state index contributed by atoms with van der Waals surface area (Å²) in [6, 6.07) is 9.16. The van der Waals surface area contributed by atoms with E-state index in [1.54, 1.807) is 6.08 Å². The molecule has 28 heavy (non-hydrogen) atoms. The van der Waals surface area contributed by atoms with Gasteiger partial charge in [-0.25, -0.2) is 4.79 Å². The van der Waals surface area contributed by atoms with Crippen molar-refractivity contribution < 1.29 is 19.4 Å².